The first-order valence-corrected chi connectivity index (χ1v) is 14.7. The lowest BCUT2D eigenvalue weighted by Crippen LogP contribution is -2.62. The van der Waals surface area contributed by atoms with E-state index in [1.54, 1.807) is 66.7 Å². The molecule has 1 aliphatic rings. The highest BCUT2D eigenvalue weighted by Crippen LogP contribution is 2.36. The molecular weight excluding hydrogens is 574 g/mol. The van der Waals surface area contributed by atoms with E-state index in [2.05, 4.69) is 54.7 Å². The Balaban J connectivity index is 1.55. The Morgan fingerprint density at radius 2 is 1.57 bits per heavy atom. The van der Waals surface area contributed by atoms with Gasteiger partial charge in [-0.3, -0.25) is 9.59 Å². The van der Waals surface area contributed by atoms with E-state index in [0.29, 0.717) is 38.5 Å². The average Bonchev–Trinajstić information content (AvgIpc) is 2.95. The second kappa shape index (κ2) is 12.1. The highest BCUT2D eigenvalue weighted by atomic mass is 35.5. The zero-order chi connectivity index (χ0) is 31.6. The van der Waals surface area contributed by atoms with Crippen LogP contribution in [0.2, 0.25) is 5.02 Å². The van der Waals surface area contributed by atoms with Crippen molar-refractivity contribution in [2.24, 2.45) is 0 Å². The molecule has 0 unspecified atom stereocenters. The predicted octanol–water partition coefficient (Wildman–Crippen LogP) is 6.94. The first-order chi connectivity index (χ1) is 20.8. The summed E-state index contributed by atoms with van der Waals surface area (Å²) in [6.45, 7) is 8.52. The van der Waals surface area contributed by atoms with Gasteiger partial charge in [-0.25, -0.2) is 4.98 Å². The molecule has 1 aliphatic heterocycles. The molecule has 5 rings (SSSR count). The van der Waals surface area contributed by atoms with Crippen LogP contribution in [0.1, 0.15) is 66.8 Å². The number of hydrogen-bond acceptors (Lipinski definition) is 6. The molecule has 0 atom stereocenters. The Morgan fingerprint density at radius 3 is 2.23 bits per heavy atom. The van der Waals surface area contributed by atoms with E-state index in [9.17, 15) is 20.0 Å². The number of nitrogens with zero attached hydrogens (tertiary/aromatic N) is 2. The van der Waals surface area contributed by atoms with Gasteiger partial charge in [0, 0.05) is 44.4 Å². The standard InChI is InChI=1S/C35H34ClN5O3/c1-34(2)18-25(19-35(3,4)41-34)38-32(43)22-10-7-9-21(15-22)27-17-29(26-13-5-6-14-30(26)42)39-31(28(27)20-37)40-33(44)23-11-8-12-24(36)16-23/h5-17,25,41-42H,18-19H2,1-4H3,(H,38,43)(H,39,40,44). The van der Waals surface area contributed by atoms with E-state index in [0.717, 1.165) is 12.8 Å². The largest absolute Gasteiger partial charge is 0.507 e. The van der Waals surface area contributed by atoms with Crippen LogP contribution in [0.5, 0.6) is 5.75 Å². The SMILES string of the molecule is CC1(C)CC(NC(=O)c2cccc(-c3cc(-c4ccccc4O)nc(NC(=O)c4cccc(Cl)c4)c3C#N)c2)CC(C)(C)N1. The lowest BCUT2D eigenvalue weighted by Gasteiger charge is -2.46. The molecule has 0 spiro atoms. The Labute approximate surface area is 262 Å². The molecule has 0 bridgehead atoms. The lowest BCUT2D eigenvalue weighted by atomic mass is 9.79. The summed E-state index contributed by atoms with van der Waals surface area (Å²) in [6, 6.07) is 24.0. The number of carbonyl (C=O) groups is 2. The maximum absolute atomic E-state index is 13.5. The maximum Gasteiger partial charge on any atom is 0.256 e. The summed E-state index contributed by atoms with van der Waals surface area (Å²) >= 11 is 6.10. The molecule has 0 radical (unpaired) electrons. The van der Waals surface area contributed by atoms with Crippen LogP contribution in [-0.2, 0) is 0 Å². The van der Waals surface area contributed by atoms with Gasteiger partial charge in [0.25, 0.3) is 11.8 Å². The highest BCUT2D eigenvalue weighted by molar-refractivity contribution is 6.31. The fourth-order valence-corrected chi connectivity index (χ4v) is 6.33. The summed E-state index contributed by atoms with van der Waals surface area (Å²) < 4.78 is 0. The number of phenols is 1. The molecule has 2 heterocycles. The number of nitrogens with one attached hydrogen (secondary N) is 3. The fraction of sp³-hybridized carbons (Fsp3) is 0.257. The van der Waals surface area contributed by atoms with Gasteiger partial charge in [0.2, 0.25) is 0 Å². The van der Waals surface area contributed by atoms with Gasteiger partial charge >= 0.3 is 0 Å². The van der Waals surface area contributed by atoms with Crippen molar-refractivity contribution in [3.05, 3.63) is 101 Å². The number of hydrogen-bond donors (Lipinski definition) is 4. The van der Waals surface area contributed by atoms with Crippen LogP contribution in [-0.4, -0.2) is 39.0 Å². The third-order valence-corrected chi connectivity index (χ3v) is 7.83. The van der Waals surface area contributed by atoms with Gasteiger partial charge in [-0.15, -0.1) is 0 Å². The zero-order valence-corrected chi connectivity index (χ0v) is 25.8. The highest BCUT2D eigenvalue weighted by Gasteiger charge is 2.38. The number of piperidine rings is 1. The average molecular weight is 608 g/mol. The van der Waals surface area contributed by atoms with Crippen molar-refractivity contribution in [2.45, 2.75) is 57.7 Å². The summed E-state index contributed by atoms with van der Waals surface area (Å²) in [5.74, 6) is -0.711. The van der Waals surface area contributed by atoms with Crippen molar-refractivity contribution < 1.29 is 14.7 Å². The molecule has 3 aromatic carbocycles. The molecule has 1 saturated heterocycles. The molecule has 9 heteroatoms. The van der Waals surface area contributed by atoms with E-state index in [4.69, 9.17) is 11.6 Å². The van der Waals surface area contributed by atoms with Crippen LogP contribution in [0, 0.1) is 11.3 Å². The van der Waals surface area contributed by atoms with Crippen LogP contribution < -0.4 is 16.0 Å². The number of pyridine rings is 1. The zero-order valence-electron chi connectivity index (χ0n) is 25.0. The molecule has 2 amide bonds. The first-order valence-electron chi connectivity index (χ1n) is 14.4. The molecule has 4 N–H and O–H groups in total. The molecule has 8 nitrogen and oxygen atoms in total. The summed E-state index contributed by atoms with van der Waals surface area (Å²) in [5, 5.41) is 30.9. The Kier molecular flexibility index (Phi) is 8.46. The number of carbonyl (C=O) groups excluding carboxylic acids is 2. The minimum absolute atomic E-state index is 0.0104. The number of rotatable bonds is 6. The van der Waals surface area contributed by atoms with Crippen molar-refractivity contribution in [1.29, 1.82) is 5.26 Å². The van der Waals surface area contributed by atoms with Gasteiger partial charge in [0.1, 0.15) is 17.4 Å². The number of amides is 2. The third-order valence-electron chi connectivity index (χ3n) is 7.59. The van der Waals surface area contributed by atoms with Crippen molar-refractivity contribution in [3.8, 4) is 34.2 Å². The second-order valence-corrected chi connectivity index (χ2v) is 12.9. The maximum atomic E-state index is 13.5. The minimum atomic E-state index is -0.502. The van der Waals surface area contributed by atoms with Crippen LogP contribution in [0.15, 0.2) is 78.9 Å². The van der Waals surface area contributed by atoms with Crippen LogP contribution in [0.25, 0.3) is 22.4 Å². The van der Waals surface area contributed by atoms with Gasteiger partial charge in [-0.2, -0.15) is 5.26 Å². The topological polar surface area (TPSA) is 127 Å². The molecule has 0 saturated carbocycles. The summed E-state index contributed by atoms with van der Waals surface area (Å²) in [4.78, 5) is 31.3. The van der Waals surface area contributed by atoms with E-state index in [1.165, 1.54) is 12.1 Å². The summed E-state index contributed by atoms with van der Waals surface area (Å²) in [5.41, 5.74) is 2.36. The molecule has 224 valence electrons. The van der Waals surface area contributed by atoms with E-state index < -0.39 is 5.91 Å². The molecule has 0 aliphatic carbocycles. The number of phenolic OH excluding ortho intramolecular Hbond substituents is 1. The normalized spacial score (nSPS) is 15.6. The molecule has 1 fully saturated rings. The van der Waals surface area contributed by atoms with Crippen molar-refractivity contribution in [3.63, 3.8) is 0 Å². The van der Waals surface area contributed by atoms with Gasteiger partial charge in [0.05, 0.1) is 5.69 Å². The van der Waals surface area contributed by atoms with Crippen molar-refractivity contribution >= 4 is 29.2 Å². The Bertz CT molecular complexity index is 1780. The fourth-order valence-electron chi connectivity index (χ4n) is 6.14. The number of anilines is 1. The van der Waals surface area contributed by atoms with Crippen molar-refractivity contribution in [1.82, 2.24) is 15.6 Å². The number of halogens is 1. The number of para-hydroxylation sites is 1. The van der Waals surface area contributed by atoms with E-state index in [1.807, 2.05) is 0 Å². The lowest BCUT2D eigenvalue weighted by molar-refractivity contribution is 0.0872. The van der Waals surface area contributed by atoms with Crippen LogP contribution >= 0.6 is 11.6 Å². The quantitative estimate of drug-likeness (QED) is 0.188. The van der Waals surface area contributed by atoms with Crippen LogP contribution in [0.3, 0.4) is 0 Å². The first kappa shape index (κ1) is 30.7. The summed E-state index contributed by atoms with van der Waals surface area (Å²) in [6.07, 6.45) is 1.56. The number of benzene rings is 3. The van der Waals surface area contributed by atoms with Crippen LogP contribution in [0.4, 0.5) is 5.82 Å². The van der Waals surface area contributed by atoms with Gasteiger partial charge in [-0.05, 0) is 94.6 Å². The number of aromatic nitrogens is 1. The molecular formula is C35H34ClN5O3. The second-order valence-electron chi connectivity index (χ2n) is 12.4. The van der Waals surface area contributed by atoms with Gasteiger partial charge in [0.15, 0.2) is 5.82 Å². The minimum Gasteiger partial charge on any atom is -0.507 e. The van der Waals surface area contributed by atoms with Gasteiger partial charge < -0.3 is 21.1 Å². The van der Waals surface area contributed by atoms with Gasteiger partial charge in [-0.1, -0.05) is 41.9 Å². The Morgan fingerprint density at radius 1 is 0.909 bits per heavy atom. The predicted molar refractivity (Wildman–Crippen MR) is 173 cm³/mol. The molecule has 1 aromatic heterocycles. The monoisotopic (exact) mass is 607 g/mol. The smallest absolute Gasteiger partial charge is 0.256 e. The summed E-state index contributed by atoms with van der Waals surface area (Å²) in [7, 11) is 0. The number of nitriles is 1. The third kappa shape index (κ3) is 6.91. The molecule has 44 heavy (non-hydrogen) atoms. The van der Waals surface area contributed by atoms with Crippen molar-refractivity contribution in [2.75, 3.05) is 5.32 Å². The number of aromatic hydroxyl groups is 1. The Hall–Kier alpha value is -4.71. The van der Waals surface area contributed by atoms with E-state index >= 15 is 0 Å². The van der Waals surface area contributed by atoms with E-state index in [-0.39, 0.29) is 40.2 Å². The molecule has 4 aromatic rings.